The zero-order valence-electron chi connectivity index (χ0n) is 12.4. The van der Waals surface area contributed by atoms with Crippen molar-refractivity contribution in [2.45, 2.75) is 39.3 Å². The lowest BCUT2D eigenvalue weighted by Crippen LogP contribution is -2.31. The third-order valence-corrected chi connectivity index (χ3v) is 3.74. The highest BCUT2D eigenvalue weighted by molar-refractivity contribution is 5.27. The first kappa shape index (κ1) is 14.4. The lowest BCUT2D eigenvalue weighted by molar-refractivity contribution is 0.241. The van der Waals surface area contributed by atoms with Crippen molar-refractivity contribution in [1.82, 2.24) is 4.90 Å². The fourth-order valence-corrected chi connectivity index (χ4v) is 2.49. The second-order valence-corrected chi connectivity index (χ2v) is 6.19. The first-order chi connectivity index (χ1) is 9.03. The monoisotopic (exact) mass is 262 g/mol. The van der Waals surface area contributed by atoms with Gasteiger partial charge in [0.15, 0.2) is 0 Å². The van der Waals surface area contributed by atoms with Crippen molar-refractivity contribution in [1.29, 1.82) is 0 Å². The molecule has 1 aliphatic rings. The smallest absolute Gasteiger partial charge is 0.119 e. The Kier molecular flexibility index (Phi) is 4.48. The van der Waals surface area contributed by atoms with Gasteiger partial charge in [-0.05, 0) is 63.4 Å². The SMILES string of the molecule is CC(C)Oc1ccc(CN(C)CC2(CN)CC2)cc1. The molecule has 1 saturated carbocycles. The van der Waals surface area contributed by atoms with Crippen LogP contribution in [0.2, 0.25) is 0 Å². The van der Waals surface area contributed by atoms with Gasteiger partial charge >= 0.3 is 0 Å². The molecular weight excluding hydrogens is 236 g/mol. The normalized spacial score (nSPS) is 16.9. The van der Waals surface area contributed by atoms with Gasteiger partial charge in [-0.3, -0.25) is 0 Å². The van der Waals surface area contributed by atoms with Crippen molar-refractivity contribution < 1.29 is 4.74 Å². The van der Waals surface area contributed by atoms with Crippen LogP contribution in [0.1, 0.15) is 32.3 Å². The number of ether oxygens (including phenoxy) is 1. The Balaban J connectivity index is 1.85. The molecule has 0 unspecified atom stereocenters. The summed E-state index contributed by atoms with van der Waals surface area (Å²) in [5.74, 6) is 0.946. The van der Waals surface area contributed by atoms with Crippen LogP contribution in [-0.2, 0) is 6.54 Å². The molecule has 0 saturated heterocycles. The van der Waals surface area contributed by atoms with Gasteiger partial charge < -0.3 is 15.4 Å². The third-order valence-electron chi connectivity index (χ3n) is 3.74. The molecule has 2 N–H and O–H groups in total. The molecule has 0 heterocycles. The number of nitrogens with two attached hydrogens (primary N) is 1. The minimum Gasteiger partial charge on any atom is -0.491 e. The second-order valence-electron chi connectivity index (χ2n) is 6.19. The van der Waals surface area contributed by atoms with Gasteiger partial charge in [0.25, 0.3) is 0 Å². The van der Waals surface area contributed by atoms with E-state index >= 15 is 0 Å². The Morgan fingerprint density at radius 3 is 2.37 bits per heavy atom. The van der Waals surface area contributed by atoms with Crippen molar-refractivity contribution in [3.05, 3.63) is 29.8 Å². The number of benzene rings is 1. The molecule has 0 spiro atoms. The van der Waals surface area contributed by atoms with E-state index in [0.29, 0.717) is 5.41 Å². The van der Waals surface area contributed by atoms with Crippen molar-refractivity contribution >= 4 is 0 Å². The van der Waals surface area contributed by atoms with Crippen LogP contribution in [-0.4, -0.2) is 31.1 Å². The van der Waals surface area contributed by atoms with E-state index in [1.54, 1.807) is 0 Å². The molecule has 1 aromatic carbocycles. The van der Waals surface area contributed by atoms with Crippen LogP contribution in [0.3, 0.4) is 0 Å². The summed E-state index contributed by atoms with van der Waals surface area (Å²) in [6, 6.07) is 8.41. The van der Waals surface area contributed by atoms with Crippen LogP contribution in [0.15, 0.2) is 24.3 Å². The Bertz CT molecular complexity index is 396. The van der Waals surface area contributed by atoms with E-state index < -0.39 is 0 Å². The molecule has 1 aromatic rings. The summed E-state index contributed by atoms with van der Waals surface area (Å²) in [6.07, 6.45) is 2.80. The lowest BCUT2D eigenvalue weighted by Gasteiger charge is -2.22. The quantitative estimate of drug-likeness (QED) is 0.821. The van der Waals surface area contributed by atoms with E-state index in [4.69, 9.17) is 10.5 Å². The molecule has 0 amide bonds. The summed E-state index contributed by atoms with van der Waals surface area (Å²) >= 11 is 0. The standard InChI is InChI=1S/C16H26N2O/c1-13(2)19-15-6-4-14(5-7-15)10-18(3)12-16(11-17)8-9-16/h4-7,13H,8-12,17H2,1-3H3. The summed E-state index contributed by atoms with van der Waals surface area (Å²) in [5, 5.41) is 0. The number of hydrogen-bond donors (Lipinski definition) is 1. The molecule has 0 atom stereocenters. The summed E-state index contributed by atoms with van der Waals surface area (Å²) in [4.78, 5) is 2.37. The first-order valence-electron chi connectivity index (χ1n) is 7.17. The van der Waals surface area contributed by atoms with Gasteiger partial charge in [0.1, 0.15) is 5.75 Å². The van der Waals surface area contributed by atoms with Crippen molar-refractivity contribution in [2.75, 3.05) is 20.1 Å². The van der Waals surface area contributed by atoms with Gasteiger partial charge in [-0.25, -0.2) is 0 Å². The van der Waals surface area contributed by atoms with E-state index in [0.717, 1.165) is 25.4 Å². The Labute approximate surface area is 116 Å². The fraction of sp³-hybridized carbons (Fsp3) is 0.625. The topological polar surface area (TPSA) is 38.5 Å². The van der Waals surface area contributed by atoms with Crippen molar-refractivity contribution in [3.8, 4) is 5.75 Å². The van der Waals surface area contributed by atoms with Crippen LogP contribution in [0.25, 0.3) is 0 Å². The Hall–Kier alpha value is -1.06. The van der Waals surface area contributed by atoms with E-state index in [1.807, 2.05) is 13.8 Å². The minimum atomic E-state index is 0.229. The average molecular weight is 262 g/mol. The highest BCUT2D eigenvalue weighted by Gasteiger charge is 2.41. The molecule has 1 fully saturated rings. The summed E-state index contributed by atoms with van der Waals surface area (Å²) < 4.78 is 5.65. The predicted octanol–water partition coefficient (Wildman–Crippen LogP) is 2.64. The molecule has 19 heavy (non-hydrogen) atoms. The number of nitrogens with zero attached hydrogens (tertiary/aromatic N) is 1. The van der Waals surface area contributed by atoms with Crippen LogP contribution >= 0.6 is 0 Å². The Morgan fingerprint density at radius 1 is 1.26 bits per heavy atom. The maximum Gasteiger partial charge on any atom is 0.119 e. The van der Waals surface area contributed by atoms with E-state index in [1.165, 1.54) is 18.4 Å². The van der Waals surface area contributed by atoms with Gasteiger partial charge in [0.05, 0.1) is 6.10 Å². The molecule has 3 heteroatoms. The van der Waals surface area contributed by atoms with Gasteiger partial charge in [0.2, 0.25) is 0 Å². The molecular formula is C16H26N2O. The van der Waals surface area contributed by atoms with Crippen LogP contribution < -0.4 is 10.5 Å². The van der Waals surface area contributed by atoms with Crippen molar-refractivity contribution in [3.63, 3.8) is 0 Å². The molecule has 1 aliphatic carbocycles. The Morgan fingerprint density at radius 2 is 1.89 bits per heavy atom. The van der Waals surface area contributed by atoms with Gasteiger partial charge in [-0.1, -0.05) is 12.1 Å². The zero-order valence-corrected chi connectivity index (χ0v) is 12.4. The highest BCUT2D eigenvalue weighted by Crippen LogP contribution is 2.45. The summed E-state index contributed by atoms with van der Waals surface area (Å²) in [5.41, 5.74) is 7.57. The van der Waals surface area contributed by atoms with Gasteiger partial charge in [-0.2, -0.15) is 0 Å². The number of rotatable bonds is 7. The zero-order chi connectivity index (χ0) is 13.9. The highest BCUT2D eigenvalue weighted by atomic mass is 16.5. The molecule has 0 aliphatic heterocycles. The molecule has 2 rings (SSSR count). The van der Waals surface area contributed by atoms with E-state index in [9.17, 15) is 0 Å². The minimum absolute atomic E-state index is 0.229. The first-order valence-corrected chi connectivity index (χ1v) is 7.17. The maximum atomic E-state index is 5.83. The van der Waals surface area contributed by atoms with Gasteiger partial charge in [-0.15, -0.1) is 0 Å². The lowest BCUT2D eigenvalue weighted by atomic mass is 10.1. The summed E-state index contributed by atoms with van der Waals surface area (Å²) in [7, 11) is 2.17. The molecule has 106 valence electrons. The van der Waals surface area contributed by atoms with Crippen LogP contribution in [0, 0.1) is 5.41 Å². The largest absolute Gasteiger partial charge is 0.491 e. The van der Waals surface area contributed by atoms with Crippen LogP contribution in [0.5, 0.6) is 5.75 Å². The fourth-order valence-electron chi connectivity index (χ4n) is 2.49. The second kappa shape index (κ2) is 5.93. The van der Waals surface area contributed by atoms with Gasteiger partial charge in [0, 0.05) is 13.1 Å². The van der Waals surface area contributed by atoms with Crippen LogP contribution in [0.4, 0.5) is 0 Å². The molecule has 0 aromatic heterocycles. The number of hydrogen-bond acceptors (Lipinski definition) is 3. The molecule has 3 nitrogen and oxygen atoms in total. The molecule has 0 radical (unpaired) electrons. The molecule has 0 bridgehead atoms. The third kappa shape index (κ3) is 4.22. The average Bonchev–Trinajstić information content (AvgIpc) is 3.11. The van der Waals surface area contributed by atoms with E-state index in [2.05, 4.69) is 36.2 Å². The predicted molar refractivity (Wildman–Crippen MR) is 79.3 cm³/mol. The van der Waals surface area contributed by atoms with E-state index in [-0.39, 0.29) is 6.10 Å². The van der Waals surface area contributed by atoms with Crippen molar-refractivity contribution in [2.24, 2.45) is 11.1 Å². The maximum absolute atomic E-state index is 5.83. The summed E-state index contributed by atoms with van der Waals surface area (Å²) in [6.45, 7) is 6.99.